The third kappa shape index (κ3) is 4.22. The van der Waals surface area contributed by atoms with Gasteiger partial charge in [0.15, 0.2) is 0 Å². The summed E-state index contributed by atoms with van der Waals surface area (Å²) < 4.78 is 8.42. The monoisotopic (exact) mass is 390 g/mol. The molecule has 3 aromatic rings. The van der Waals surface area contributed by atoms with Gasteiger partial charge in [0.1, 0.15) is 17.9 Å². The lowest BCUT2D eigenvalue weighted by molar-refractivity contribution is 0.308. The minimum Gasteiger partial charge on any atom is -0.487 e. The summed E-state index contributed by atoms with van der Waals surface area (Å²) >= 11 is 5.95. The molecule has 1 aromatic carbocycles. The van der Waals surface area contributed by atoms with Gasteiger partial charge in [-0.15, -0.1) is 12.4 Å². The van der Waals surface area contributed by atoms with Crippen LogP contribution in [0.25, 0.3) is 11.0 Å². The van der Waals surface area contributed by atoms with Crippen molar-refractivity contribution in [1.82, 2.24) is 9.55 Å². The molecular weight excluding hydrogens is 367 g/mol. The number of halogens is 2. The average Bonchev–Trinajstić information content (AvgIpc) is 2.84. The van der Waals surface area contributed by atoms with Gasteiger partial charge in [-0.3, -0.25) is 4.98 Å². The van der Waals surface area contributed by atoms with Crippen molar-refractivity contribution < 1.29 is 4.74 Å². The zero-order valence-electron chi connectivity index (χ0n) is 15.5. The van der Waals surface area contributed by atoms with E-state index in [1.54, 1.807) is 0 Å². The molecule has 3 nitrogen and oxygen atoms in total. The van der Waals surface area contributed by atoms with Crippen LogP contribution >= 0.6 is 24.0 Å². The first-order chi connectivity index (χ1) is 12.0. The molecule has 26 heavy (non-hydrogen) atoms. The Bertz CT molecular complexity index is 923. The van der Waals surface area contributed by atoms with Crippen molar-refractivity contribution in [3.63, 3.8) is 0 Å². The van der Waals surface area contributed by atoms with Crippen molar-refractivity contribution in [2.75, 3.05) is 0 Å². The standard InChI is InChI=1S/C21H23ClN2O.ClH/c1-14(2)10-12-24-16(4)15(3)20-21(24)19(9-11-23-20)25-13-17-5-7-18(22)8-6-17;/h5-11H,12-13H2,1-4H3;1H. The molecule has 0 saturated carbocycles. The summed E-state index contributed by atoms with van der Waals surface area (Å²) in [6, 6.07) is 9.68. The lowest BCUT2D eigenvalue weighted by Crippen LogP contribution is -2.02. The topological polar surface area (TPSA) is 27.1 Å². The summed E-state index contributed by atoms with van der Waals surface area (Å²) in [7, 11) is 0. The number of nitrogens with zero attached hydrogens (tertiary/aromatic N) is 2. The molecule has 0 spiro atoms. The average molecular weight is 391 g/mol. The Kier molecular flexibility index (Phi) is 6.74. The lowest BCUT2D eigenvalue weighted by atomic mass is 10.2. The van der Waals surface area contributed by atoms with Gasteiger partial charge in [0.25, 0.3) is 0 Å². The zero-order chi connectivity index (χ0) is 18.0. The van der Waals surface area contributed by atoms with Crippen molar-refractivity contribution in [2.45, 2.75) is 40.8 Å². The Labute approximate surface area is 166 Å². The second kappa shape index (κ2) is 8.61. The number of hydrogen-bond acceptors (Lipinski definition) is 2. The van der Waals surface area contributed by atoms with Crippen LogP contribution < -0.4 is 4.74 Å². The van der Waals surface area contributed by atoms with Crippen molar-refractivity contribution in [2.24, 2.45) is 0 Å². The van der Waals surface area contributed by atoms with Crippen LogP contribution in [0.4, 0.5) is 0 Å². The Morgan fingerprint density at radius 2 is 1.85 bits per heavy atom. The first-order valence-electron chi connectivity index (χ1n) is 8.42. The fourth-order valence-corrected chi connectivity index (χ4v) is 3.00. The number of aromatic nitrogens is 2. The van der Waals surface area contributed by atoms with Crippen LogP contribution in [-0.2, 0) is 13.2 Å². The number of ether oxygens (including phenoxy) is 1. The molecule has 0 fully saturated rings. The maximum Gasteiger partial charge on any atom is 0.147 e. The fourth-order valence-electron chi connectivity index (χ4n) is 2.87. The molecule has 0 N–H and O–H groups in total. The molecule has 5 heteroatoms. The van der Waals surface area contributed by atoms with Gasteiger partial charge in [-0.1, -0.05) is 35.4 Å². The van der Waals surface area contributed by atoms with Crippen LogP contribution in [0, 0.1) is 13.8 Å². The highest BCUT2D eigenvalue weighted by Crippen LogP contribution is 2.31. The third-order valence-corrected chi connectivity index (χ3v) is 4.70. The smallest absolute Gasteiger partial charge is 0.147 e. The SMILES string of the molecule is CC(C)=CCn1c(C)c(C)c2nccc(OCc3ccc(Cl)cc3)c21.Cl. The third-order valence-electron chi connectivity index (χ3n) is 4.45. The van der Waals surface area contributed by atoms with Crippen LogP contribution in [0.15, 0.2) is 48.2 Å². The number of rotatable bonds is 5. The van der Waals surface area contributed by atoms with Gasteiger partial charge in [-0.05, 0) is 51.0 Å². The van der Waals surface area contributed by atoms with Crippen LogP contribution in [0.5, 0.6) is 5.75 Å². The van der Waals surface area contributed by atoms with Gasteiger partial charge in [0.2, 0.25) is 0 Å². The van der Waals surface area contributed by atoms with E-state index in [-0.39, 0.29) is 12.4 Å². The lowest BCUT2D eigenvalue weighted by Gasteiger charge is -2.11. The minimum absolute atomic E-state index is 0. The van der Waals surface area contributed by atoms with Gasteiger partial charge in [0, 0.05) is 29.5 Å². The second-order valence-corrected chi connectivity index (χ2v) is 6.96. The number of allylic oxidation sites excluding steroid dienone is 2. The molecule has 0 aliphatic carbocycles. The van der Waals surface area contributed by atoms with Crippen LogP contribution in [0.1, 0.15) is 30.7 Å². The Balaban J connectivity index is 0.00000243. The molecular formula is C21H24Cl2N2O. The first kappa shape index (κ1) is 20.3. The van der Waals surface area contributed by atoms with E-state index in [2.05, 4.69) is 43.3 Å². The van der Waals surface area contributed by atoms with Crippen LogP contribution in [-0.4, -0.2) is 9.55 Å². The summed E-state index contributed by atoms with van der Waals surface area (Å²) in [4.78, 5) is 4.58. The van der Waals surface area contributed by atoms with Gasteiger partial charge in [0.05, 0.1) is 5.52 Å². The number of pyridine rings is 1. The van der Waals surface area contributed by atoms with E-state index < -0.39 is 0 Å². The maximum atomic E-state index is 6.14. The van der Waals surface area contributed by atoms with Gasteiger partial charge in [-0.2, -0.15) is 0 Å². The quantitative estimate of drug-likeness (QED) is 0.479. The van der Waals surface area contributed by atoms with E-state index in [4.69, 9.17) is 16.3 Å². The summed E-state index contributed by atoms with van der Waals surface area (Å²) in [5.74, 6) is 0.860. The molecule has 2 heterocycles. The van der Waals surface area contributed by atoms with E-state index >= 15 is 0 Å². The molecule has 0 radical (unpaired) electrons. The summed E-state index contributed by atoms with van der Waals surface area (Å²) in [6.45, 7) is 9.81. The molecule has 2 aromatic heterocycles. The van der Waals surface area contributed by atoms with Crippen LogP contribution in [0.3, 0.4) is 0 Å². The predicted molar refractivity (Wildman–Crippen MR) is 112 cm³/mol. The number of benzene rings is 1. The highest BCUT2D eigenvalue weighted by molar-refractivity contribution is 6.30. The molecule has 0 bridgehead atoms. The van der Waals surface area contributed by atoms with Gasteiger partial charge >= 0.3 is 0 Å². The Morgan fingerprint density at radius 1 is 1.15 bits per heavy atom. The second-order valence-electron chi connectivity index (χ2n) is 6.52. The number of hydrogen-bond donors (Lipinski definition) is 0. The molecule has 0 atom stereocenters. The molecule has 138 valence electrons. The van der Waals surface area contributed by atoms with Crippen LogP contribution in [0.2, 0.25) is 5.02 Å². The van der Waals surface area contributed by atoms with Gasteiger partial charge < -0.3 is 9.30 Å². The molecule has 0 amide bonds. The van der Waals surface area contributed by atoms with Crippen molar-refractivity contribution in [3.05, 3.63) is 70.0 Å². The molecule has 0 saturated heterocycles. The normalized spacial score (nSPS) is 10.5. The van der Waals surface area contributed by atoms with Gasteiger partial charge in [-0.25, -0.2) is 0 Å². The summed E-state index contributed by atoms with van der Waals surface area (Å²) in [6.07, 6.45) is 4.04. The van der Waals surface area contributed by atoms with E-state index in [9.17, 15) is 0 Å². The van der Waals surface area contributed by atoms with Crippen molar-refractivity contribution in [3.8, 4) is 5.75 Å². The van der Waals surface area contributed by atoms with E-state index in [1.807, 2.05) is 36.5 Å². The predicted octanol–water partition coefficient (Wildman–Crippen LogP) is 6.27. The number of fused-ring (bicyclic) bond motifs is 1. The first-order valence-corrected chi connectivity index (χ1v) is 8.80. The molecule has 3 rings (SSSR count). The van der Waals surface area contributed by atoms with E-state index in [1.165, 1.54) is 16.8 Å². The molecule has 0 unspecified atom stereocenters. The number of aryl methyl sites for hydroxylation is 1. The zero-order valence-corrected chi connectivity index (χ0v) is 17.1. The largest absolute Gasteiger partial charge is 0.487 e. The summed E-state index contributed by atoms with van der Waals surface area (Å²) in [5, 5.41) is 0.733. The van der Waals surface area contributed by atoms with Crippen molar-refractivity contribution >= 4 is 35.0 Å². The molecule has 0 aliphatic heterocycles. The fraction of sp³-hybridized carbons (Fsp3) is 0.286. The van der Waals surface area contributed by atoms with E-state index in [0.29, 0.717) is 6.61 Å². The Morgan fingerprint density at radius 3 is 2.50 bits per heavy atom. The minimum atomic E-state index is 0. The van der Waals surface area contributed by atoms with E-state index in [0.717, 1.165) is 33.9 Å². The van der Waals surface area contributed by atoms with Crippen molar-refractivity contribution in [1.29, 1.82) is 0 Å². The Hall–Kier alpha value is -1.97. The summed E-state index contributed by atoms with van der Waals surface area (Å²) in [5.41, 5.74) is 6.88. The highest BCUT2D eigenvalue weighted by atomic mass is 35.5. The maximum absolute atomic E-state index is 6.14. The molecule has 0 aliphatic rings. The highest BCUT2D eigenvalue weighted by Gasteiger charge is 2.15.